The molecular weight excluding hydrogens is 956 g/mol. The SMILES string of the molecule is CC1=CC[C]([Hf+]=[C](C)C)=C1C1c2ccccc2-c2ccccc21.CC1=CC[C]([Hf+]=[C](C)C)=C1C1c2ccccc2-c2ccccc21.[Cl-].[Cl-]. The molecule has 0 saturated heterocycles. The summed E-state index contributed by atoms with van der Waals surface area (Å²) in [5.41, 5.74) is 18.1. The monoisotopic (exact) mass is 1000 g/mol. The Balaban J connectivity index is 0.000000180. The van der Waals surface area contributed by atoms with Crippen LogP contribution in [-0.2, 0) is 44.8 Å². The Hall–Kier alpha value is -2.10. The summed E-state index contributed by atoms with van der Waals surface area (Å²) in [6.07, 6.45) is 7.33. The molecule has 0 radical (unpaired) electrons. The average molecular weight is 999 g/mol. The van der Waals surface area contributed by atoms with Crippen LogP contribution in [0, 0.1) is 0 Å². The molecule has 0 amide bonds. The molecule has 0 nitrogen and oxygen atoms in total. The number of hydrogen-bond donors (Lipinski definition) is 0. The van der Waals surface area contributed by atoms with Crippen molar-refractivity contribution >= 4 is 6.51 Å². The van der Waals surface area contributed by atoms with Gasteiger partial charge in [0.15, 0.2) is 0 Å². The van der Waals surface area contributed by atoms with E-state index in [0.717, 1.165) is 0 Å². The zero-order valence-corrected chi connectivity index (χ0v) is 37.4. The van der Waals surface area contributed by atoms with Gasteiger partial charge in [-0.1, -0.05) is 0 Å². The number of hydrogen-bond acceptors (Lipinski definition) is 0. The molecule has 4 heteroatoms. The normalized spacial score (nSPS) is 15.4. The first-order chi connectivity index (χ1) is 22.3. The fraction of sp³-hybridized carbons (Fsp3) is 0.227. The van der Waals surface area contributed by atoms with Crippen LogP contribution in [0.4, 0.5) is 0 Å². The quantitative estimate of drug-likeness (QED) is 0.241. The second-order valence-electron chi connectivity index (χ2n) is 13.4. The van der Waals surface area contributed by atoms with Gasteiger partial charge in [-0.3, -0.25) is 0 Å². The van der Waals surface area contributed by atoms with E-state index in [9.17, 15) is 0 Å². The van der Waals surface area contributed by atoms with Crippen LogP contribution in [0.3, 0.4) is 0 Å². The molecule has 0 saturated carbocycles. The van der Waals surface area contributed by atoms with E-state index in [1.165, 1.54) is 68.5 Å². The smallest absolute Gasteiger partial charge is 1.00 e. The summed E-state index contributed by atoms with van der Waals surface area (Å²) < 4.78 is 7.00. The zero-order chi connectivity index (χ0) is 31.9. The van der Waals surface area contributed by atoms with Crippen molar-refractivity contribution in [1.29, 1.82) is 0 Å². The van der Waals surface area contributed by atoms with Crippen LogP contribution in [0.15, 0.2) is 138 Å². The largest absolute Gasteiger partial charge is 1.00 e. The third-order valence-electron chi connectivity index (χ3n) is 9.77. The van der Waals surface area contributed by atoms with Crippen LogP contribution in [-0.4, -0.2) is 6.51 Å². The fourth-order valence-electron chi connectivity index (χ4n) is 8.00. The van der Waals surface area contributed by atoms with Crippen LogP contribution in [0.5, 0.6) is 0 Å². The Morgan fingerprint density at radius 2 is 0.729 bits per heavy atom. The third kappa shape index (κ3) is 6.94. The minimum absolute atomic E-state index is 0. The fourth-order valence-corrected chi connectivity index (χ4v) is 17.2. The standard InChI is InChI=1S/2C19H15.2C3H6.2ClH.2Hf/c2*1-13-7-6-12-14(13)19-17-10-4-2-8-15(17)16-9-3-5-11-18(16)19;2*1-3-2;;;;/h2*2-5,7-11,19H,6H2,1H3;2*1-2H3;2*1H;;/q;;;;;;2*+1/p-2. The molecule has 4 aromatic carbocycles. The number of halogens is 2. The van der Waals surface area contributed by atoms with Crippen molar-refractivity contribution in [3.05, 3.63) is 160 Å². The molecule has 0 heterocycles. The molecule has 4 aliphatic rings. The Labute approximate surface area is 322 Å². The van der Waals surface area contributed by atoms with Gasteiger partial charge in [0.1, 0.15) is 0 Å². The first kappa shape index (κ1) is 37.2. The van der Waals surface area contributed by atoms with Crippen molar-refractivity contribution in [2.75, 3.05) is 0 Å². The molecule has 0 atom stereocenters. The van der Waals surface area contributed by atoms with Gasteiger partial charge < -0.3 is 24.8 Å². The molecular formula is C44H42Cl2Hf2. The summed E-state index contributed by atoms with van der Waals surface area (Å²) in [6, 6.07) is 36.0. The van der Waals surface area contributed by atoms with E-state index >= 15 is 0 Å². The van der Waals surface area contributed by atoms with Crippen molar-refractivity contribution < 1.29 is 69.7 Å². The van der Waals surface area contributed by atoms with Gasteiger partial charge in [-0.25, -0.2) is 0 Å². The van der Waals surface area contributed by atoms with Gasteiger partial charge >= 0.3 is 300 Å². The van der Waals surface area contributed by atoms with Crippen LogP contribution >= 0.6 is 0 Å². The second kappa shape index (κ2) is 15.8. The van der Waals surface area contributed by atoms with Gasteiger partial charge in [0.05, 0.1) is 0 Å². The summed E-state index contributed by atoms with van der Waals surface area (Å²) in [6.45, 7) is 14.0. The average Bonchev–Trinajstić information content (AvgIpc) is 3.78. The predicted molar refractivity (Wildman–Crippen MR) is 191 cm³/mol. The van der Waals surface area contributed by atoms with Gasteiger partial charge in [-0.2, -0.15) is 0 Å². The molecule has 0 fully saturated rings. The van der Waals surface area contributed by atoms with Gasteiger partial charge in [-0.15, -0.1) is 0 Å². The van der Waals surface area contributed by atoms with Crippen molar-refractivity contribution in [3.63, 3.8) is 0 Å². The van der Waals surface area contributed by atoms with E-state index in [0.29, 0.717) is 11.8 Å². The molecule has 0 spiro atoms. The van der Waals surface area contributed by atoms with Crippen LogP contribution < -0.4 is 24.8 Å². The van der Waals surface area contributed by atoms with Crippen molar-refractivity contribution in [3.8, 4) is 22.3 Å². The Bertz CT molecular complexity index is 1820. The zero-order valence-electron chi connectivity index (χ0n) is 28.7. The Morgan fingerprint density at radius 3 is 1.00 bits per heavy atom. The minimum Gasteiger partial charge on any atom is -1.00 e. The maximum Gasteiger partial charge on any atom is -1.00 e. The molecule has 48 heavy (non-hydrogen) atoms. The Morgan fingerprint density at radius 1 is 0.458 bits per heavy atom. The van der Waals surface area contributed by atoms with Crippen molar-refractivity contribution in [2.24, 2.45) is 0 Å². The maximum atomic E-state index is 2.46. The minimum atomic E-state index is -0.797. The van der Waals surface area contributed by atoms with E-state index in [-0.39, 0.29) is 24.8 Å². The van der Waals surface area contributed by atoms with E-state index in [1.807, 2.05) is 0 Å². The van der Waals surface area contributed by atoms with E-state index in [4.69, 9.17) is 0 Å². The summed E-state index contributed by atoms with van der Waals surface area (Å²) in [5, 5.41) is 0. The molecule has 8 rings (SSSR count). The molecule has 0 unspecified atom stereocenters. The second-order valence-corrected chi connectivity index (χ2v) is 26.8. The summed E-state index contributed by atoms with van der Waals surface area (Å²) in [5.74, 6) is 0.922. The van der Waals surface area contributed by atoms with Gasteiger partial charge in [-0.05, 0) is 0 Å². The first-order valence-corrected chi connectivity index (χ1v) is 23.8. The van der Waals surface area contributed by atoms with Crippen LogP contribution in [0.1, 0.15) is 88.5 Å². The van der Waals surface area contributed by atoms with Gasteiger partial charge in [0, 0.05) is 0 Å². The number of fused-ring (bicyclic) bond motifs is 6. The third-order valence-corrected chi connectivity index (χ3v) is 18.9. The van der Waals surface area contributed by atoms with Crippen molar-refractivity contribution in [1.82, 2.24) is 0 Å². The Kier molecular flexibility index (Phi) is 12.3. The number of allylic oxidation sites excluding steroid dienone is 8. The molecule has 0 aliphatic heterocycles. The van der Waals surface area contributed by atoms with Crippen LogP contribution in [0.2, 0.25) is 0 Å². The van der Waals surface area contributed by atoms with Crippen molar-refractivity contribution in [2.45, 2.75) is 66.2 Å². The predicted octanol–water partition coefficient (Wildman–Crippen LogP) is 5.40. The molecule has 4 aromatic rings. The molecule has 0 bridgehead atoms. The number of benzene rings is 4. The van der Waals surface area contributed by atoms with E-state index in [2.05, 4.69) is 151 Å². The van der Waals surface area contributed by atoms with Crippen LogP contribution in [0.25, 0.3) is 22.3 Å². The summed E-state index contributed by atoms with van der Waals surface area (Å²) in [4.78, 5) is 0. The topological polar surface area (TPSA) is 0 Å². The molecule has 4 aliphatic carbocycles. The molecule has 240 valence electrons. The molecule has 0 N–H and O–H groups in total. The van der Waals surface area contributed by atoms with Gasteiger partial charge in [0.25, 0.3) is 0 Å². The molecule has 0 aromatic heterocycles. The summed E-state index contributed by atoms with van der Waals surface area (Å²) >= 11 is -1.59. The van der Waals surface area contributed by atoms with E-state index in [1.54, 1.807) is 24.3 Å². The first-order valence-electron chi connectivity index (χ1n) is 16.6. The van der Waals surface area contributed by atoms with E-state index < -0.39 is 44.8 Å². The van der Waals surface area contributed by atoms with Gasteiger partial charge in [0.2, 0.25) is 0 Å². The summed E-state index contributed by atoms with van der Waals surface area (Å²) in [7, 11) is 0. The number of rotatable bonds is 4. The maximum absolute atomic E-state index is 2.46.